The van der Waals surface area contributed by atoms with Gasteiger partial charge in [-0.25, -0.2) is 0 Å². The minimum Gasteiger partial charge on any atom is -0.481 e. The zero-order valence-corrected chi connectivity index (χ0v) is 9.24. The van der Waals surface area contributed by atoms with Crippen LogP contribution in [0.5, 0.6) is 0 Å². The van der Waals surface area contributed by atoms with E-state index in [4.69, 9.17) is 5.11 Å². The van der Waals surface area contributed by atoms with Gasteiger partial charge in [0.2, 0.25) is 5.91 Å². The van der Waals surface area contributed by atoms with Crippen LogP contribution in [0.4, 0.5) is 0 Å². The highest BCUT2D eigenvalue weighted by atomic mass is 16.4. The summed E-state index contributed by atoms with van der Waals surface area (Å²) in [5.41, 5.74) is 0. The van der Waals surface area contributed by atoms with Crippen LogP contribution >= 0.6 is 0 Å². The number of amides is 1. The summed E-state index contributed by atoms with van der Waals surface area (Å²) in [6, 6.07) is 0. The summed E-state index contributed by atoms with van der Waals surface area (Å²) in [4.78, 5) is 23.4. The number of hydrogen-bond donors (Lipinski definition) is 1. The van der Waals surface area contributed by atoms with Gasteiger partial charge in [0.1, 0.15) is 0 Å². The molecule has 0 aromatic heterocycles. The summed E-state index contributed by atoms with van der Waals surface area (Å²) in [5, 5.41) is 8.44. The lowest BCUT2D eigenvalue weighted by Gasteiger charge is -2.27. The van der Waals surface area contributed by atoms with Crippen molar-refractivity contribution in [3.8, 4) is 0 Å². The third-order valence-electron chi connectivity index (χ3n) is 3.08. The number of carbonyl (C=O) groups is 2. The fourth-order valence-corrected chi connectivity index (χ4v) is 1.69. The molecule has 1 aliphatic rings. The van der Waals surface area contributed by atoms with Gasteiger partial charge in [-0.05, 0) is 12.3 Å². The van der Waals surface area contributed by atoms with E-state index in [1.54, 1.807) is 11.9 Å². The van der Waals surface area contributed by atoms with E-state index < -0.39 is 5.97 Å². The second-order valence-electron chi connectivity index (χ2n) is 4.29. The minimum absolute atomic E-state index is 0.0586. The van der Waals surface area contributed by atoms with E-state index >= 15 is 0 Å². The van der Waals surface area contributed by atoms with Crippen molar-refractivity contribution in [3.05, 3.63) is 0 Å². The Kier molecular flexibility index (Phi) is 4.59. The summed E-state index contributed by atoms with van der Waals surface area (Å²) in [6.45, 7) is 0.767. The first-order valence-corrected chi connectivity index (χ1v) is 5.55. The maximum absolute atomic E-state index is 11.4. The fraction of sp³-hybridized carbons (Fsp3) is 0.818. The van der Waals surface area contributed by atoms with Gasteiger partial charge in [0, 0.05) is 20.0 Å². The minimum atomic E-state index is -0.907. The van der Waals surface area contributed by atoms with E-state index in [1.807, 2.05) is 0 Å². The van der Waals surface area contributed by atoms with Crippen molar-refractivity contribution in [2.75, 3.05) is 13.6 Å². The molecule has 0 unspecified atom stereocenters. The van der Waals surface area contributed by atoms with E-state index in [0.29, 0.717) is 0 Å². The van der Waals surface area contributed by atoms with Gasteiger partial charge in [-0.15, -0.1) is 0 Å². The van der Waals surface area contributed by atoms with Crippen molar-refractivity contribution in [2.24, 2.45) is 5.92 Å². The van der Waals surface area contributed by atoms with E-state index in [0.717, 1.165) is 18.9 Å². The summed E-state index contributed by atoms with van der Waals surface area (Å²) in [6.07, 6.45) is 5.02. The van der Waals surface area contributed by atoms with Crippen LogP contribution in [0.3, 0.4) is 0 Å². The fourth-order valence-electron chi connectivity index (χ4n) is 1.69. The van der Waals surface area contributed by atoms with Gasteiger partial charge in [0.05, 0.1) is 6.42 Å². The number of carboxylic acids is 1. The molecule has 0 radical (unpaired) electrons. The van der Waals surface area contributed by atoms with Crippen molar-refractivity contribution >= 4 is 11.9 Å². The molecule has 1 fully saturated rings. The summed E-state index contributed by atoms with van der Waals surface area (Å²) >= 11 is 0. The first-order chi connectivity index (χ1) is 7.09. The Hall–Kier alpha value is -1.06. The highest BCUT2D eigenvalue weighted by Gasteiger charge is 2.18. The van der Waals surface area contributed by atoms with Gasteiger partial charge >= 0.3 is 5.97 Å². The number of hydrogen-bond acceptors (Lipinski definition) is 2. The Morgan fingerprint density at radius 3 is 2.47 bits per heavy atom. The lowest BCUT2D eigenvalue weighted by Crippen LogP contribution is -2.30. The lowest BCUT2D eigenvalue weighted by atomic mass is 9.83. The van der Waals surface area contributed by atoms with Crippen LogP contribution in [-0.2, 0) is 9.59 Å². The van der Waals surface area contributed by atoms with Gasteiger partial charge in [-0.2, -0.15) is 0 Å². The molecule has 0 aromatic rings. The highest BCUT2D eigenvalue weighted by Crippen LogP contribution is 2.29. The normalized spacial score (nSPS) is 15.8. The monoisotopic (exact) mass is 213 g/mol. The highest BCUT2D eigenvalue weighted by molar-refractivity contribution is 5.80. The van der Waals surface area contributed by atoms with Crippen molar-refractivity contribution in [3.63, 3.8) is 0 Å². The molecule has 1 saturated carbocycles. The number of aliphatic carboxylic acids is 1. The molecule has 0 heterocycles. The predicted octanol–water partition coefficient (Wildman–Crippen LogP) is 1.50. The molecule has 0 bridgehead atoms. The summed E-state index contributed by atoms with van der Waals surface area (Å²) in [5.74, 6) is -0.174. The number of rotatable bonds is 6. The molecule has 4 heteroatoms. The molecule has 0 atom stereocenters. The topological polar surface area (TPSA) is 57.6 Å². The quantitative estimate of drug-likeness (QED) is 0.727. The Morgan fingerprint density at radius 2 is 2.00 bits per heavy atom. The number of carbonyl (C=O) groups excluding carboxylic acids is 1. The molecule has 0 spiro atoms. The van der Waals surface area contributed by atoms with E-state index in [-0.39, 0.29) is 18.7 Å². The number of nitrogens with zero attached hydrogens (tertiary/aromatic N) is 1. The number of carboxylic acid groups (broad SMARTS) is 1. The molecule has 1 amide bonds. The summed E-state index contributed by atoms with van der Waals surface area (Å²) < 4.78 is 0. The van der Waals surface area contributed by atoms with Crippen LogP contribution in [0, 0.1) is 5.92 Å². The Balaban J connectivity index is 2.11. The molecule has 1 rings (SSSR count). The smallest absolute Gasteiger partial charge is 0.303 e. The van der Waals surface area contributed by atoms with Crippen LogP contribution in [-0.4, -0.2) is 35.5 Å². The van der Waals surface area contributed by atoms with Gasteiger partial charge in [-0.1, -0.05) is 19.3 Å². The summed E-state index contributed by atoms with van der Waals surface area (Å²) in [7, 11) is 1.75. The zero-order chi connectivity index (χ0) is 11.3. The van der Waals surface area contributed by atoms with Crippen LogP contribution in [0.1, 0.15) is 38.5 Å². The van der Waals surface area contributed by atoms with Crippen LogP contribution in [0.2, 0.25) is 0 Å². The molecule has 86 valence electrons. The molecule has 4 nitrogen and oxygen atoms in total. The van der Waals surface area contributed by atoms with E-state index in [1.165, 1.54) is 19.3 Å². The van der Waals surface area contributed by atoms with Crippen LogP contribution < -0.4 is 0 Å². The Morgan fingerprint density at radius 1 is 1.33 bits per heavy atom. The van der Waals surface area contributed by atoms with Crippen molar-refractivity contribution in [2.45, 2.75) is 38.5 Å². The SMILES string of the molecule is CN(CCC1CCC1)C(=O)CCC(=O)O. The van der Waals surface area contributed by atoms with Gasteiger partial charge < -0.3 is 10.0 Å². The second kappa shape index (κ2) is 5.73. The molecule has 1 N–H and O–H groups in total. The van der Waals surface area contributed by atoms with Crippen molar-refractivity contribution in [1.29, 1.82) is 0 Å². The molecular formula is C11H19NO3. The molecule has 0 aliphatic heterocycles. The molecule has 1 aliphatic carbocycles. The lowest BCUT2D eigenvalue weighted by molar-refractivity contribution is -0.140. The van der Waals surface area contributed by atoms with Crippen molar-refractivity contribution < 1.29 is 14.7 Å². The van der Waals surface area contributed by atoms with Crippen molar-refractivity contribution in [1.82, 2.24) is 4.90 Å². The van der Waals surface area contributed by atoms with Gasteiger partial charge in [-0.3, -0.25) is 9.59 Å². The Labute approximate surface area is 90.3 Å². The molecular weight excluding hydrogens is 194 g/mol. The first kappa shape index (κ1) is 12.0. The van der Waals surface area contributed by atoms with Gasteiger partial charge in [0.25, 0.3) is 0 Å². The third-order valence-corrected chi connectivity index (χ3v) is 3.08. The zero-order valence-electron chi connectivity index (χ0n) is 9.24. The standard InChI is InChI=1S/C11H19NO3/c1-12(8-7-9-3-2-4-9)10(13)5-6-11(14)15/h9H,2-8H2,1H3,(H,14,15). The molecule has 0 aromatic carbocycles. The maximum atomic E-state index is 11.4. The van der Waals surface area contributed by atoms with E-state index in [2.05, 4.69) is 0 Å². The average molecular weight is 213 g/mol. The largest absolute Gasteiger partial charge is 0.481 e. The van der Waals surface area contributed by atoms with Crippen LogP contribution in [0.25, 0.3) is 0 Å². The average Bonchev–Trinajstić information content (AvgIpc) is 2.11. The van der Waals surface area contributed by atoms with E-state index in [9.17, 15) is 9.59 Å². The maximum Gasteiger partial charge on any atom is 0.303 e. The van der Waals surface area contributed by atoms with Gasteiger partial charge in [0.15, 0.2) is 0 Å². The molecule has 0 saturated heterocycles. The molecule has 15 heavy (non-hydrogen) atoms. The van der Waals surface area contributed by atoms with Crippen LogP contribution in [0.15, 0.2) is 0 Å². The predicted molar refractivity (Wildman–Crippen MR) is 56.5 cm³/mol. The second-order valence-corrected chi connectivity index (χ2v) is 4.29. The first-order valence-electron chi connectivity index (χ1n) is 5.55. The third kappa shape index (κ3) is 4.32. The Bertz CT molecular complexity index is 236.